The second-order valence-corrected chi connectivity index (χ2v) is 4.75. The van der Waals surface area contributed by atoms with Crippen LogP contribution in [0.1, 0.15) is 6.92 Å². The number of aromatic nitrogens is 2. The highest BCUT2D eigenvalue weighted by Crippen LogP contribution is 2.20. The number of rotatable bonds is 5. The molecule has 5 nitrogen and oxygen atoms in total. The van der Waals surface area contributed by atoms with Crippen molar-refractivity contribution in [2.45, 2.75) is 18.2 Å². The summed E-state index contributed by atoms with van der Waals surface area (Å²) in [7, 11) is 0. The number of anilines is 2. The second kappa shape index (κ2) is 6.12. The lowest BCUT2D eigenvalue weighted by molar-refractivity contribution is 0.288. The van der Waals surface area contributed by atoms with Crippen LogP contribution >= 0.6 is 23.4 Å². The van der Waals surface area contributed by atoms with E-state index in [9.17, 15) is 0 Å². The molecular formula is C9H15ClN4OS. The van der Waals surface area contributed by atoms with Gasteiger partial charge in [0.05, 0.1) is 18.5 Å². The molecule has 0 aliphatic carbocycles. The Balaban J connectivity index is 2.75. The minimum atomic E-state index is 0.0354. The lowest BCUT2D eigenvalue weighted by Gasteiger charge is -2.22. The Labute approximate surface area is 104 Å². The summed E-state index contributed by atoms with van der Waals surface area (Å²) in [5.41, 5.74) is 6.14. The zero-order valence-electron chi connectivity index (χ0n) is 9.14. The van der Waals surface area contributed by atoms with E-state index < -0.39 is 0 Å². The van der Waals surface area contributed by atoms with Gasteiger partial charge in [0.15, 0.2) is 5.82 Å². The van der Waals surface area contributed by atoms with Crippen LogP contribution in [0.2, 0.25) is 5.28 Å². The molecule has 0 aromatic carbocycles. The highest BCUT2D eigenvalue weighted by atomic mass is 35.5. The topological polar surface area (TPSA) is 84.1 Å². The number of nitrogens with zero attached hydrogens (tertiary/aromatic N) is 2. The maximum atomic E-state index is 9.15. The molecule has 0 aliphatic rings. The summed E-state index contributed by atoms with van der Waals surface area (Å²) in [5.74, 6) is 0.500. The normalized spacial score (nSPS) is 14.5. The van der Waals surface area contributed by atoms with Crippen molar-refractivity contribution in [3.63, 3.8) is 0 Å². The van der Waals surface area contributed by atoms with Gasteiger partial charge in [-0.2, -0.15) is 16.7 Å². The molecule has 2 unspecified atom stereocenters. The van der Waals surface area contributed by atoms with E-state index in [1.54, 1.807) is 11.8 Å². The van der Waals surface area contributed by atoms with Crippen molar-refractivity contribution in [1.82, 2.24) is 9.97 Å². The fraction of sp³-hybridized carbons (Fsp3) is 0.556. The molecule has 7 heteroatoms. The first-order valence-corrected chi connectivity index (χ1v) is 6.43. The molecule has 1 aromatic rings. The number of hydrogen-bond donors (Lipinski definition) is 3. The average Bonchev–Trinajstić information content (AvgIpc) is 2.25. The largest absolute Gasteiger partial charge is 0.395 e. The number of hydrogen-bond acceptors (Lipinski definition) is 6. The highest BCUT2D eigenvalue weighted by molar-refractivity contribution is 7.99. The lowest BCUT2D eigenvalue weighted by atomic mass is 10.2. The minimum Gasteiger partial charge on any atom is -0.395 e. The summed E-state index contributed by atoms with van der Waals surface area (Å²) in [6, 6.07) is 0.0354. The third kappa shape index (κ3) is 3.40. The molecule has 0 amide bonds. The molecule has 1 aromatic heterocycles. The quantitative estimate of drug-likeness (QED) is 0.693. The molecule has 4 N–H and O–H groups in total. The monoisotopic (exact) mass is 262 g/mol. The summed E-state index contributed by atoms with van der Waals surface area (Å²) >= 11 is 7.25. The molecule has 0 fully saturated rings. The smallest absolute Gasteiger partial charge is 0.224 e. The lowest BCUT2D eigenvalue weighted by Crippen LogP contribution is -2.31. The van der Waals surface area contributed by atoms with Gasteiger partial charge in [-0.1, -0.05) is 0 Å². The van der Waals surface area contributed by atoms with Crippen LogP contribution in [0.5, 0.6) is 0 Å². The molecular weight excluding hydrogens is 248 g/mol. The first kappa shape index (κ1) is 13.3. The molecule has 1 rings (SSSR count). The van der Waals surface area contributed by atoms with Gasteiger partial charge < -0.3 is 16.2 Å². The third-order valence-electron chi connectivity index (χ3n) is 2.19. The van der Waals surface area contributed by atoms with Crippen LogP contribution in [0.3, 0.4) is 0 Å². The van der Waals surface area contributed by atoms with Crippen LogP contribution in [-0.2, 0) is 0 Å². The van der Waals surface area contributed by atoms with Gasteiger partial charge in [-0.25, -0.2) is 4.98 Å². The van der Waals surface area contributed by atoms with Gasteiger partial charge in [0.25, 0.3) is 0 Å². The van der Waals surface area contributed by atoms with Crippen LogP contribution in [0, 0.1) is 0 Å². The Morgan fingerprint density at radius 2 is 2.38 bits per heavy atom. The standard InChI is InChI=1S/C9H15ClN4OS/c1-5(7(4-15)16-2)13-8-6(11)3-12-9(10)14-8/h3,5,7,15H,4,11H2,1-2H3,(H,12,13,14). The molecule has 0 radical (unpaired) electrons. The van der Waals surface area contributed by atoms with Crippen LogP contribution in [-0.4, -0.2) is 39.2 Å². The fourth-order valence-corrected chi connectivity index (χ4v) is 1.99. The van der Waals surface area contributed by atoms with E-state index in [1.165, 1.54) is 6.20 Å². The van der Waals surface area contributed by atoms with Crippen LogP contribution < -0.4 is 11.1 Å². The van der Waals surface area contributed by atoms with E-state index in [4.69, 9.17) is 22.4 Å². The van der Waals surface area contributed by atoms with Crippen LogP contribution in [0.4, 0.5) is 11.5 Å². The number of aliphatic hydroxyl groups excluding tert-OH is 1. The van der Waals surface area contributed by atoms with Crippen molar-refractivity contribution in [3.8, 4) is 0 Å². The molecule has 90 valence electrons. The molecule has 0 saturated heterocycles. The van der Waals surface area contributed by atoms with E-state index >= 15 is 0 Å². The van der Waals surface area contributed by atoms with E-state index in [-0.39, 0.29) is 23.2 Å². The zero-order valence-corrected chi connectivity index (χ0v) is 10.7. The fourth-order valence-electron chi connectivity index (χ4n) is 1.23. The van der Waals surface area contributed by atoms with Gasteiger partial charge in [-0.3, -0.25) is 0 Å². The summed E-state index contributed by atoms with van der Waals surface area (Å²) < 4.78 is 0. The first-order chi connectivity index (χ1) is 7.58. The Hall–Kier alpha value is -0.720. The Morgan fingerprint density at radius 3 is 2.94 bits per heavy atom. The highest BCUT2D eigenvalue weighted by Gasteiger charge is 2.16. The van der Waals surface area contributed by atoms with Crippen molar-refractivity contribution in [2.75, 3.05) is 23.9 Å². The number of nitrogen functional groups attached to an aromatic ring is 1. The maximum absolute atomic E-state index is 9.15. The summed E-state index contributed by atoms with van der Waals surface area (Å²) in [5, 5.41) is 12.5. The summed E-state index contributed by atoms with van der Waals surface area (Å²) in [6.45, 7) is 2.04. The molecule has 0 bridgehead atoms. The molecule has 0 saturated carbocycles. The van der Waals surface area contributed by atoms with E-state index in [2.05, 4.69) is 15.3 Å². The Bertz CT molecular complexity index is 348. The van der Waals surface area contributed by atoms with Crippen molar-refractivity contribution >= 4 is 34.9 Å². The van der Waals surface area contributed by atoms with Gasteiger partial charge >= 0.3 is 0 Å². The number of halogens is 1. The number of thioether (sulfide) groups is 1. The van der Waals surface area contributed by atoms with Crippen LogP contribution in [0.25, 0.3) is 0 Å². The SMILES string of the molecule is CSC(CO)C(C)Nc1nc(Cl)ncc1N. The van der Waals surface area contributed by atoms with Crippen molar-refractivity contribution in [1.29, 1.82) is 0 Å². The van der Waals surface area contributed by atoms with E-state index in [1.807, 2.05) is 13.2 Å². The van der Waals surface area contributed by atoms with Crippen molar-refractivity contribution in [2.24, 2.45) is 0 Å². The molecule has 0 aliphatic heterocycles. The van der Waals surface area contributed by atoms with Gasteiger partial charge in [-0.15, -0.1) is 0 Å². The number of nitrogens with two attached hydrogens (primary N) is 1. The number of aliphatic hydroxyl groups is 1. The Kier molecular flexibility index (Phi) is 5.11. The van der Waals surface area contributed by atoms with E-state index in [0.29, 0.717) is 11.5 Å². The van der Waals surface area contributed by atoms with Gasteiger partial charge in [-0.05, 0) is 24.8 Å². The molecule has 1 heterocycles. The summed E-state index contributed by atoms with van der Waals surface area (Å²) in [4.78, 5) is 7.76. The second-order valence-electron chi connectivity index (χ2n) is 3.33. The molecule has 0 spiro atoms. The minimum absolute atomic E-state index is 0.0354. The third-order valence-corrected chi connectivity index (χ3v) is 3.54. The zero-order chi connectivity index (χ0) is 12.1. The van der Waals surface area contributed by atoms with Gasteiger partial charge in [0.2, 0.25) is 5.28 Å². The summed E-state index contributed by atoms with van der Waals surface area (Å²) in [6.07, 6.45) is 3.40. The van der Waals surface area contributed by atoms with Crippen molar-refractivity contribution < 1.29 is 5.11 Å². The van der Waals surface area contributed by atoms with Gasteiger partial charge in [0, 0.05) is 11.3 Å². The van der Waals surface area contributed by atoms with Crippen LogP contribution in [0.15, 0.2) is 6.20 Å². The van der Waals surface area contributed by atoms with Crippen molar-refractivity contribution in [3.05, 3.63) is 11.5 Å². The molecule has 2 atom stereocenters. The Morgan fingerprint density at radius 1 is 1.69 bits per heavy atom. The maximum Gasteiger partial charge on any atom is 0.224 e. The van der Waals surface area contributed by atoms with E-state index in [0.717, 1.165) is 0 Å². The first-order valence-electron chi connectivity index (χ1n) is 4.76. The predicted octanol–water partition coefficient (Wildman–Crippen LogP) is 1.24. The molecule has 16 heavy (non-hydrogen) atoms. The average molecular weight is 263 g/mol. The van der Waals surface area contributed by atoms with Gasteiger partial charge in [0.1, 0.15) is 0 Å². The predicted molar refractivity (Wildman–Crippen MR) is 68.9 cm³/mol. The number of nitrogens with one attached hydrogen (secondary N) is 1.